The molecule has 1 aromatic heterocycles. The minimum atomic E-state index is -1.29. The number of carbonyl (C=O) groups excluding carboxylic acids is 1. The van der Waals surface area contributed by atoms with Crippen LogP contribution in [-0.2, 0) is 9.59 Å². The van der Waals surface area contributed by atoms with Gasteiger partial charge in [0.15, 0.2) is 11.5 Å². The van der Waals surface area contributed by atoms with Gasteiger partial charge in [0.2, 0.25) is 5.91 Å². The summed E-state index contributed by atoms with van der Waals surface area (Å²) in [6.45, 7) is 4.00. The van der Waals surface area contributed by atoms with E-state index < -0.39 is 17.3 Å². The molecule has 3 aromatic rings. The molecule has 1 amide bonds. The number of carboxylic acid groups (broad SMARTS) is 1. The van der Waals surface area contributed by atoms with Crippen molar-refractivity contribution in [2.45, 2.75) is 26.7 Å². The van der Waals surface area contributed by atoms with Crippen molar-refractivity contribution < 1.29 is 28.9 Å². The molecule has 8 heteroatoms. The topological polar surface area (TPSA) is 107 Å². The fraction of sp³-hybridized carbons (Fsp3) is 0.292. The summed E-state index contributed by atoms with van der Waals surface area (Å²) in [6, 6.07) is 12.0. The van der Waals surface area contributed by atoms with Gasteiger partial charge in [-0.25, -0.2) is 0 Å². The summed E-state index contributed by atoms with van der Waals surface area (Å²) in [5, 5.41) is 12.6. The zero-order valence-corrected chi connectivity index (χ0v) is 18.5. The van der Waals surface area contributed by atoms with Crippen LogP contribution in [0.2, 0.25) is 0 Å². The number of fused-ring (bicyclic) bond motifs is 1. The van der Waals surface area contributed by atoms with Crippen LogP contribution in [-0.4, -0.2) is 36.2 Å². The number of aliphatic carboxylic acids is 1. The summed E-state index contributed by atoms with van der Waals surface area (Å²) < 4.78 is 16.7. The SMILES string of the molecule is CC.COc1cc2nccc(Oc3ccc(NC(=O)C4(C(=O)O)CC4)cc3)c2cc1OC. The van der Waals surface area contributed by atoms with Gasteiger partial charge in [0.1, 0.15) is 16.9 Å². The molecular weight excluding hydrogens is 412 g/mol. The van der Waals surface area contributed by atoms with E-state index in [1.807, 2.05) is 13.8 Å². The predicted octanol–water partition coefficient (Wildman–Crippen LogP) is 4.87. The minimum Gasteiger partial charge on any atom is -0.493 e. The van der Waals surface area contributed by atoms with Gasteiger partial charge in [-0.1, -0.05) is 13.8 Å². The maximum atomic E-state index is 12.2. The first-order valence-corrected chi connectivity index (χ1v) is 10.3. The van der Waals surface area contributed by atoms with Gasteiger partial charge in [-0.3, -0.25) is 14.6 Å². The van der Waals surface area contributed by atoms with Crippen LogP contribution in [0, 0.1) is 5.41 Å². The number of carboxylic acids is 1. The molecule has 4 rings (SSSR count). The average molecular weight is 438 g/mol. The van der Waals surface area contributed by atoms with Crippen molar-refractivity contribution in [3.8, 4) is 23.0 Å². The molecule has 0 aliphatic heterocycles. The van der Waals surface area contributed by atoms with Gasteiger partial charge >= 0.3 is 5.97 Å². The standard InChI is InChI=1S/C22H20N2O6.C2H6/c1-28-18-11-15-16(12-19(18)29-2)23-10-7-17(15)30-14-5-3-13(4-6-14)24-20(25)22(8-9-22)21(26)27;1-2/h3-7,10-12H,8-9H2,1-2H3,(H,24,25)(H,26,27);1-2H3. The van der Waals surface area contributed by atoms with Crippen LogP contribution in [0.25, 0.3) is 10.9 Å². The molecular formula is C24H26N2O6. The van der Waals surface area contributed by atoms with Crippen LogP contribution in [0.4, 0.5) is 5.69 Å². The highest BCUT2D eigenvalue weighted by Crippen LogP contribution is 2.46. The number of nitrogens with one attached hydrogen (secondary N) is 1. The van der Waals surface area contributed by atoms with Gasteiger partial charge in [0.25, 0.3) is 0 Å². The van der Waals surface area contributed by atoms with Crippen LogP contribution in [0.1, 0.15) is 26.7 Å². The number of rotatable bonds is 7. The van der Waals surface area contributed by atoms with Crippen LogP contribution < -0.4 is 19.5 Å². The molecule has 0 unspecified atom stereocenters. The van der Waals surface area contributed by atoms with Crippen molar-refractivity contribution in [3.05, 3.63) is 48.7 Å². The van der Waals surface area contributed by atoms with E-state index in [-0.39, 0.29) is 0 Å². The Morgan fingerprint density at radius 1 is 0.969 bits per heavy atom. The van der Waals surface area contributed by atoms with Crippen molar-refractivity contribution in [3.63, 3.8) is 0 Å². The van der Waals surface area contributed by atoms with E-state index in [9.17, 15) is 14.7 Å². The second-order valence-corrected chi connectivity index (χ2v) is 7.00. The Bertz CT molecular complexity index is 1120. The van der Waals surface area contributed by atoms with E-state index in [0.717, 1.165) is 5.39 Å². The fourth-order valence-corrected chi connectivity index (χ4v) is 3.18. The lowest BCUT2D eigenvalue weighted by atomic mass is 10.1. The number of anilines is 1. The predicted molar refractivity (Wildman–Crippen MR) is 121 cm³/mol. The monoisotopic (exact) mass is 438 g/mol. The third-order valence-electron chi connectivity index (χ3n) is 5.14. The highest BCUT2D eigenvalue weighted by molar-refractivity contribution is 6.10. The van der Waals surface area contributed by atoms with E-state index in [2.05, 4.69) is 10.3 Å². The summed E-state index contributed by atoms with van der Waals surface area (Å²) in [4.78, 5) is 27.8. The smallest absolute Gasteiger partial charge is 0.319 e. The number of hydrogen-bond acceptors (Lipinski definition) is 6. The number of benzene rings is 2. The second kappa shape index (κ2) is 9.55. The number of aromatic nitrogens is 1. The Morgan fingerprint density at radius 3 is 2.16 bits per heavy atom. The van der Waals surface area contributed by atoms with Crippen molar-refractivity contribution in [2.24, 2.45) is 5.41 Å². The number of ether oxygens (including phenoxy) is 3. The Balaban J connectivity index is 0.00000141. The minimum absolute atomic E-state index is 0.360. The highest BCUT2D eigenvalue weighted by Gasteiger charge is 2.57. The Labute approximate surface area is 186 Å². The third kappa shape index (κ3) is 4.44. The van der Waals surface area contributed by atoms with Crippen molar-refractivity contribution in [2.75, 3.05) is 19.5 Å². The first-order valence-electron chi connectivity index (χ1n) is 10.3. The molecule has 2 N–H and O–H groups in total. The molecule has 168 valence electrons. The number of methoxy groups -OCH3 is 2. The highest BCUT2D eigenvalue weighted by atomic mass is 16.5. The van der Waals surface area contributed by atoms with Crippen LogP contribution in [0.3, 0.4) is 0 Å². The van der Waals surface area contributed by atoms with Gasteiger partial charge in [0.05, 0.1) is 19.7 Å². The van der Waals surface area contributed by atoms with Gasteiger partial charge < -0.3 is 24.6 Å². The van der Waals surface area contributed by atoms with Gasteiger partial charge in [0, 0.05) is 23.3 Å². The average Bonchev–Trinajstić information content (AvgIpc) is 3.63. The molecule has 0 atom stereocenters. The molecule has 1 fully saturated rings. The van der Waals surface area contributed by atoms with Crippen molar-refractivity contribution >= 4 is 28.5 Å². The zero-order chi connectivity index (χ0) is 23.3. The summed E-state index contributed by atoms with van der Waals surface area (Å²) in [5.74, 6) is 0.689. The fourth-order valence-electron chi connectivity index (χ4n) is 3.18. The molecule has 0 radical (unpaired) electrons. The summed E-state index contributed by atoms with van der Waals surface area (Å²) in [5.41, 5.74) is -0.0890. The molecule has 1 aliphatic rings. The lowest BCUT2D eigenvalue weighted by molar-refractivity contribution is -0.147. The quantitative estimate of drug-likeness (QED) is 0.507. The maximum absolute atomic E-state index is 12.2. The summed E-state index contributed by atoms with van der Waals surface area (Å²) >= 11 is 0. The van der Waals surface area contributed by atoms with Crippen molar-refractivity contribution in [1.82, 2.24) is 4.98 Å². The lowest BCUT2D eigenvalue weighted by Crippen LogP contribution is -2.31. The molecule has 8 nitrogen and oxygen atoms in total. The van der Waals surface area contributed by atoms with E-state index in [4.69, 9.17) is 14.2 Å². The van der Waals surface area contributed by atoms with Crippen molar-refractivity contribution in [1.29, 1.82) is 0 Å². The zero-order valence-electron chi connectivity index (χ0n) is 18.5. The van der Waals surface area contributed by atoms with Gasteiger partial charge in [-0.05, 0) is 49.2 Å². The van der Waals surface area contributed by atoms with E-state index in [1.54, 1.807) is 62.9 Å². The van der Waals surface area contributed by atoms with E-state index in [0.29, 0.717) is 47.0 Å². The second-order valence-electron chi connectivity index (χ2n) is 7.00. The first kappa shape index (κ1) is 22.9. The maximum Gasteiger partial charge on any atom is 0.319 e. The molecule has 1 saturated carbocycles. The Kier molecular flexibility index (Phi) is 6.82. The molecule has 0 bridgehead atoms. The molecule has 32 heavy (non-hydrogen) atoms. The molecule has 0 spiro atoms. The third-order valence-corrected chi connectivity index (χ3v) is 5.14. The van der Waals surface area contributed by atoms with Crippen LogP contribution in [0.5, 0.6) is 23.0 Å². The summed E-state index contributed by atoms with van der Waals surface area (Å²) in [6.07, 6.45) is 2.36. The number of hydrogen-bond donors (Lipinski definition) is 2. The Morgan fingerprint density at radius 2 is 1.59 bits per heavy atom. The van der Waals surface area contributed by atoms with E-state index >= 15 is 0 Å². The van der Waals surface area contributed by atoms with Crippen LogP contribution in [0.15, 0.2) is 48.7 Å². The number of nitrogens with zero attached hydrogens (tertiary/aromatic N) is 1. The molecule has 2 aromatic carbocycles. The van der Waals surface area contributed by atoms with E-state index in [1.165, 1.54) is 0 Å². The normalized spacial score (nSPS) is 13.4. The first-order chi connectivity index (χ1) is 15.5. The molecule has 0 saturated heterocycles. The molecule has 1 aliphatic carbocycles. The number of pyridine rings is 1. The van der Waals surface area contributed by atoms with Gasteiger partial charge in [-0.2, -0.15) is 0 Å². The number of carbonyl (C=O) groups is 2. The van der Waals surface area contributed by atoms with Gasteiger partial charge in [-0.15, -0.1) is 0 Å². The van der Waals surface area contributed by atoms with Crippen LogP contribution >= 0.6 is 0 Å². The largest absolute Gasteiger partial charge is 0.493 e. The summed E-state index contributed by atoms with van der Waals surface area (Å²) in [7, 11) is 3.12. The lowest BCUT2D eigenvalue weighted by Gasteiger charge is -2.13. The Hall–Kier alpha value is -3.81. The number of amides is 1. The molecule has 1 heterocycles.